The minimum absolute atomic E-state index is 0.107. The van der Waals surface area contributed by atoms with E-state index in [4.69, 9.17) is 15.7 Å². The number of aromatic nitrogens is 1. The second-order valence-electron chi connectivity index (χ2n) is 10.5. The van der Waals surface area contributed by atoms with E-state index in [2.05, 4.69) is 4.90 Å². The molecule has 0 amide bonds. The summed E-state index contributed by atoms with van der Waals surface area (Å²) in [5, 5.41) is 0.890. The predicted octanol–water partition coefficient (Wildman–Crippen LogP) is 7.70. The van der Waals surface area contributed by atoms with Crippen LogP contribution in [0.25, 0.3) is 10.9 Å². The third-order valence-electron chi connectivity index (χ3n) is 7.44. The van der Waals surface area contributed by atoms with Crippen LogP contribution in [-0.4, -0.2) is 29.5 Å². The van der Waals surface area contributed by atoms with Crippen LogP contribution in [0.5, 0.6) is 0 Å². The first-order valence-corrected chi connectivity index (χ1v) is 13.5. The molecule has 0 unspecified atom stereocenters. The van der Waals surface area contributed by atoms with Crippen LogP contribution < -0.4 is 10.8 Å². The lowest BCUT2D eigenvalue weighted by Gasteiger charge is -2.34. The van der Waals surface area contributed by atoms with Crippen molar-refractivity contribution in [2.75, 3.05) is 24.5 Å². The quantitative estimate of drug-likeness (QED) is 0.143. The van der Waals surface area contributed by atoms with E-state index in [9.17, 15) is 26.3 Å². The Bertz CT molecular complexity index is 1340. The monoisotopic (exact) mass is 580 g/mol. The number of halogens is 6. The normalized spacial score (nSPS) is 14.9. The summed E-state index contributed by atoms with van der Waals surface area (Å²) in [5.41, 5.74) is -1.16. The van der Waals surface area contributed by atoms with Gasteiger partial charge in [-0.05, 0) is 74.6 Å². The molecule has 0 saturated heterocycles. The molecule has 4 rings (SSSR count). The number of nitrogens with two attached hydrogens (primary N) is 1. The van der Waals surface area contributed by atoms with Crippen molar-refractivity contribution in [3.8, 4) is 0 Å². The fraction of sp³-hybridized carbons (Fsp3) is 0.433. The van der Waals surface area contributed by atoms with Crippen molar-refractivity contribution in [2.45, 2.75) is 58.6 Å². The van der Waals surface area contributed by atoms with E-state index in [1.807, 2.05) is 37.3 Å². The minimum atomic E-state index is -4.93. The van der Waals surface area contributed by atoms with Gasteiger partial charge in [0, 0.05) is 43.7 Å². The van der Waals surface area contributed by atoms with Crippen molar-refractivity contribution in [3.63, 3.8) is 0 Å². The molecule has 11 heteroatoms. The van der Waals surface area contributed by atoms with Gasteiger partial charge in [0.05, 0.1) is 16.6 Å². The molecular formula is C30H34F6N4O. The first kappa shape index (κ1) is 30.6. The van der Waals surface area contributed by atoms with Gasteiger partial charge in [-0.2, -0.15) is 32.2 Å². The lowest BCUT2D eigenvalue weighted by atomic mass is 9.85. The molecular weight excluding hydrogens is 546 g/mol. The van der Waals surface area contributed by atoms with Crippen LogP contribution in [0.4, 0.5) is 32.2 Å². The molecule has 41 heavy (non-hydrogen) atoms. The number of hydrogen-bond acceptors (Lipinski definition) is 5. The Morgan fingerprint density at radius 2 is 1.66 bits per heavy atom. The van der Waals surface area contributed by atoms with E-state index in [1.54, 1.807) is 17.9 Å². The van der Waals surface area contributed by atoms with Crippen LogP contribution in [0.1, 0.15) is 55.4 Å². The summed E-state index contributed by atoms with van der Waals surface area (Å²) in [4.78, 5) is 13.7. The number of nitrogens with zero attached hydrogens (tertiary/aromatic N) is 3. The van der Waals surface area contributed by atoms with Crippen molar-refractivity contribution in [1.82, 2.24) is 9.88 Å². The maximum Gasteiger partial charge on any atom is 0.416 e. The van der Waals surface area contributed by atoms with Gasteiger partial charge in [0.15, 0.2) is 0 Å². The summed E-state index contributed by atoms with van der Waals surface area (Å²) < 4.78 is 81.3. The summed E-state index contributed by atoms with van der Waals surface area (Å²) in [7, 11) is 0. The van der Waals surface area contributed by atoms with E-state index in [0.717, 1.165) is 53.8 Å². The maximum absolute atomic E-state index is 13.6. The highest BCUT2D eigenvalue weighted by Gasteiger charge is 2.37. The Morgan fingerprint density at radius 3 is 2.22 bits per heavy atom. The molecule has 0 aliphatic heterocycles. The maximum atomic E-state index is 13.6. The number of rotatable bonds is 11. The molecule has 1 aliphatic rings. The molecule has 0 radical (unpaired) electrons. The third-order valence-corrected chi connectivity index (χ3v) is 7.44. The SMILES string of the molecule is CCN(CC1CCC1)c1nc2ccccc2cc1CN(C/C=C(/C)ON)Cc1cc(C(F)(F)F)cc(C(F)(F)F)c1. The molecule has 0 spiro atoms. The van der Waals surface area contributed by atoms with E-state index in [0.29, 0.717) is 18.2 Å². The number of alkyl halides is 6. The van der Waals surface area contributed by atoms with Gasteiger partial charge in [0.25, 0.3) is 0 Å². The predicted molar refractivity (Wildman–Crippen MR) is 147 cm³/mol. The molecule has 3 aromatic rings. The lowest BCUT2D eigenvalue weighted by molar-refractivity contribution is -0.143. The number of para-hydroxylation sites is 1. The smallest absolute Gasteiger partial charge is 0.416 e. The van der Waals surface area contributed by atoms with Crippen molar-refractivity contribution in [3.05, 3.63) is 82.6 Å². The molecule has 2 N–H and O–H groups in total. The molecule has 5 nitrogen and oxygen atoms in total. The number of allylic oxidation sites excluding steroid dienone is 1. The molecule has 0 atom stereocenters. The molecule has 222 valence electrons. The highest BCUT2D eigenvalue weighted by Crippen LogP contribution is 2.37. The van der Waals surface area contributed by atoms with Crippen molar-refractivity contribution in [1.29, 1.82) is 0 Å². The Hall–Kier alpha value is -3.31. The fourth-order valence-electron chi connectivity index (χ4n) is 4.99. The summed E-state index contributed by atoms with van der Waals surface area (Å²) >= 11 is 0. The zero-order chi connectivity index (χ0) is 29.8. The molecule has 1 saturated carbocycles. The average molecular weight is 581 g/mol. The Kier molecular flexibility index (Phi) is 9.48. The average Bonchev–Trinajstić information content (AvgIpc) is 2.89. The molecule has 1 fully saturated rings. The molecule has 0 bridgehead atoms. The minimum Gasteiger partial charge on any atom is -0.417 e. The number of pyridine rings is 1. The van der Waals surface area contributed by atoms with Gasteiger partial charge in [-0.25, -0.2) is 4.98 Å². The van der Waals surface area contributed by atoms with Gasteiger partial charge in [-0.15, -0.1) is 0 Å². The van der Waals surface area contributed by atoms with Gasteiger partial charge in [-0.3, -0.25) is 4.90 Å². The number of hydrogen-bond donors (Lipinski definition) is 1. The van der Waals surface area contributed by atoms with Gasteiger partial charge < -0.3 is 9.74 Å². The zero-order valence-corrected chi connectivity index (χ0v) is 23.0. The molecule has 2 aromatic carbocycles. The van der Waals surface area contributed by atoms with Crippen molar-refractivity contribution >= 4 is 16.7 Å². The number of benzene rings is 2. The summed E-state index contributed by atoms with van der Waals surface area (Å²) in [6.07, 6.45) is -4.73. The van der Waals surface area contributed by atoms with Crippen LogP contribution in [0, 0.1) is 5.92 Å². The van der Waals surface area contributed by atoms with E-state index < -0.39 is 23.5 Å². The van der Waals surface area contributed by atoms with Gasteiger partial charge in [-0.1, -0.05) is 24.6 Å². The van der Waals surface area contributed by atoms with Crippen molar-refractivity contribution in [2.24, 2.45) is 11.8 Å². The summed E-state index contributed by atoms with van der Waals surface area (Å²) in [6.45, 7) is 5.41. The van der Waals surface area contributed by atoms with Crippen LogP contribution in [-0.2, 0) is 30.3 Å². The summed E-state index contributed by atoms with van der Waals surface area (Å²) in [5.74, 6) is 6.95. The van der Waals surface area contributed by atoms with Crippen LogP contribution >= 0.6 is 0 Å². The highest BCUT2D eigenvalue weighted by atomic mass is 19.4. The lowest BCUT2D eigenvalue weighted by Crippen LogP contribution is -2.34. The van der Waals surface area contributed by atoms with Gasteiger partial charge >= 0.3 is 12.4 Å². The zero-order valence-electron chi connectivity index (χ0n) is 23.0. The summed E-state index contributed by atoms with van der Waals surface area (Å²) in [6, 6.07) is 11.3. The second kappa shape index (κ2) is 12.7. The first-order chi connectivity index (χ1) is 19.4. The van der Waals surface area contributed by atoms with Gasteiger partial charge in [0.2, 0.25) is 0 Å². The Balaban J connectivity index is 1.75. The van der Waals surface area contributed by atoms with Crippen molar-refractivity contribution < 1.29 is 31.2 Å². The van der Waals surface area contributed by atoms with Crippen LogP contribution in [0.2, 0.25) is 0 Å². The second-order valence-corrected chi connectivity index (χ2v) is 10.5. The number of anilines is 1. The Morgan fingerprint density at radius 1 is 1.00 bits per heavy atom. The van der Waals surface area contributed by atoms with E-state index in [1.165, 1.54) is 6.42 Å². The largest absolute Gasteiger partial charge is 0.417 e. The molecule has 1 aromatic heterocycles. The van der Waals surface area contributed by atoms with Gasteiger partial charge in [0.1, 0.15) is 11.6 Å². The van der Waals surface area contributed by atoms with Crippen LogP contribution in [0.15, 0.2) is 60.4 Å². The third kappa shape index (κ3) is 7.91. The van der Waals surface area contributed by atoms with E-state index in [-0.39, 0.29) is 31.3 Å². The first-order valence-electron chi connectivity index (χ1n) is 13.5. The topological polar surface area (TPSA) is 54.6 Å². The molecule has 1 heterocycles. The standard InChI is InChI=1S/C30H34F6N4O/c1-3-40(18-21-7-6-8-21)28-24(15-23-9-4-5-10-27(23)38-28)19-39(12-11-20(2)41-37)17-22-13-25(29(31,32)33)16-26(14-22)30(34,35)36/h4-5,9-11,13-16,21H,3,6-8,12,17-19,37H2,1-2H3/b20-11-. The highest BCUT2D eigenvalue weighted by molar-refractivity contribution is 5.81. The Labute approximate surface area is 235 Å². The number of fused-ring (bicyclic) bond motifs is 1. The van der Waals surface area contributed by atoms with Crippen LogP contribution in [0.3, 0.4) is 0 Å². The van der Waals surface area contributed by atoms with E-state index >= 15 is 0 Å². The fourth-order valence-corrected chi connectivity index (χ4v) is 4.99. The molecule has 1 aliphatic carbocycles.